The van der Waals surface area contributed by atoms with Crippen molar-refractivity contribution in [2.75, 3.05) is 17.8 Å². The average molecular weight is 511 g/mol. The molecule has 6 nitrogen and oxygen atoms in total. The second-order valence-electron chi connectivity index (χ2n) is 7.81. The highest BCUT2D eigenvalue weighted by Crippen LogP contribution is 2.23. The first-order valence-electron chi connectivity index (χ1n) is 11.1. The fourth-order valence-electron chi connectivity index (χ4n) is 3.48. The summed E-state index contributed by atoms with van der Waals surface area (Å²) in [7, 11) is 0. The Hall–Kier alpha value is -3.17. The van der Waals surface area contributed by atoms with E-state index in [2.05, 4.69) is 20.3 Å². The lowest BCUT2D eigenvalue weighted by Gasteiger charge is -2.13. The minimum atomic E-state index is -1.50. The van der Waals surface area contributed by atoms with Crippen LogP contribution in [0.1, 0.15) is 22.3 Å². The summed E-state index contributed by atoms with van der Waals surface area (Å²) in [6.07, 6.45) is 2.41. The molecule has 0 radical (unpaired) electrons. The van der Waals surface area contributed by atoms with Crippen LogP contribution in [0.5, 0.6) is 0 Å². The van der Waals surface area contributed by atoms with Gasteiger partial charge in [-0.15, -0.1) is 0 Å². The number of benzene rings is 3. The topological polar surface area (TPSA) is 89.1 Å². The van der Waals surface area contributed by atoms with Crippen molar-refractivity contribution in [3.8, 4) is 0 Å². The van der Waals surface area contributed by atoms with Crippen molar-refractivity contribution in [3.63, 3.8) is 0 Å². The first-order chi connectivity index (χ1) is 17.0. The molecule has 4 aromatic rings. The predicted molar refractivity (Wildman–Crippen MR) is 138 cm³/mol. The van der Waals surface area contributed by atoms with Crippen LogP contribution < -0.4 is 15.4 Å². The molecule has 0 aliphatic heterocycles. The summed E-state index contributed by atoms with van der Waals surface area (Å²) in [5, 5.41) is 7.15. The molecule has 1 aromatic heterocycles. The molecule has 0 saturated heterocycles. The van der Waals surface area contributed by atoms with Gasteiger partial charge < -0.3 is 15.2 Å². The van der Waals surface area contributed by atoms with Crippen LogP contribution in [0, 0.1) is 5.82 Å². The third-order valence-electron chi connectivity index (χ3n) is 5.28. The minimum absolute atomic E-state index is 0.106. The number of carbonyl (C=O) groups is 1. The molecule has 0 aliphatic rings. The van der Waals surface area contributed by atoms with E-state index in [4.69, 9.17) is 11.6 Å². The number of hydrogen-bond acceptors (Lipinski definition) is 5. The fourth-order valence-corrected chi connectivity index (χ4v) is 4.69. The van der Waals surface area contributed by atoms with Crippen molar-refractivity contribution in [1.82, 2.24) is 15.6 Å². The van der Waals surface area contributed by atoms with Gasteiger partial charge in [-0.3, -0.25) is 9.78 Å². The summed E-state index contributed by atoms with van der Waals surface area (Å²) >= 11 is 4.28. The molecule has 0 spiro atoms. The SMILES string of the molecule is O=C(NCCCNCc1ccc(F)c(Cl)c1)c1ccc(N[S+]([O-])c2cccc3cccnc23)cc1. The van der Waals surface area contributed by atoms with Gasteiger partial charge in [-0.2, -0.15) is 0 Å². The number of rotatable bonds is 10. The van der Waals surface area contributed by atoms with Gasteiger partial charge in [0.1, 0.15) is 22.7 Å². The van der Waals surface area contributed by atoms with Crippen LogP contribution in [0.4, 0.5) is 10.1 Å². The zero-order valence-corrected chi connectivity index (χ0v) is 20.3. The van der Waals surface area contributed by atoms with Crippen LogP contribution in [0.15, 0.2) is 83.9 Å². The lowest BCUT2D eigenvalue weighted by atomic mass is 10.2. The van der Waals surface area contributed by atoms with E-state index < -0.39 is 17.2 Å². The second-order valence-corrected chi connectivity index (χ2v) is 9.40. The van der Waals surface area contributed by atoms with Crippen molar-refractivity contribution in [1.29, 1.82) is 0 Å². The van der Waals surface area contributed by atoms with E-state index in [1.807, 2.05) is 24.3 Å². The Morgan fingerprint density at radius 1 is 1.03 bits per heavy atom. The standard InChI is InChI=1S/C26H24ClFN4O2S/c27-22-16-18(7-12-23(22)28)17-29-13-3-15-31-26(33)20-8-10-21(11-9-20)32-35(34)24-6-1-4-19-5-2-14-30-25(19)24/h1-2,4-12,14,16,29,32H,3,13,15,17H2,(H,31,33). The van der Waals surface area contributed by atoms with Gasteiger partial charge in [0.05, 0.1) is 10.7 Å². The number of hydrogen-bond donors (Lipinski definition) is 3. The van der Waals surface area contributed by atoms with Crippen LogP contribution in [0.25, 0.3) is 10.9 Å². The van der Waals surface area contributed by atoms with Crippen LogP contribution in [0.3, 0.4) is 0 Å². The summed E-state index contributed by atoms with van der Waals surface area (Å²) in [6, 6.07) is 20.8. The van der Waals surface area contributed by atoms with E-state index in [9.17, 15) is 13.7 Å². The molecule has 1 unspecified atom stereocenters. The van der Waals surface area contributed by atoms with Crippen molar-refractivity contribution >= 4 is 45.5 Å². The number of nitrogens with zero attached hydrogens (tertiary/aromatic N) is 1. The number of fused-ring (bicyclic) bond motifs is 1. The quantitative estimate of drug-likeness (QED) is 0.205. The molecule has 4 rings (SSSR count). The molecule has 9 heteroatoms. The summed E-state index contributed by atoms with van der Waals surface area (Å²) in [4.78, 5) is 17.3. The van der Waals surface area contributed by atoms with E-state index in [0.29, 0.717) is 41.3 Å². The van der Waals surface area contributed by atoms with Crippen molar-refractivity contribution < 1.29 is 13.7 Å². The molecule has 0 saturated carbocycles. The largest absolute Gasteiger partial charge is 0.588 e. The Morgan fingerprint density at radius 3 is 2.63 bits per heavy atom. The lowest BCUT2D eigenvalue weighted by Crippen LogP contribution is -2.27. The Balaban J connectivity index is 1.21. The monoisotopic (exact) mass is 510 g/mol. The van der Waals surface area contributed by atoms with Crippen LogP contribution >= 0.6 is 11.6 Å². The molecule has 1 heterocycles. The maximum absolute atomic E-state index is 13.2. The normalized spacial score (nSPS) is 11.9. The van der Waals surface area contributed by atoms with E-state index in [1.54, 1.807) is 48.7 Å². The van der Waals surface area contributed by atoms with E-state index in [-0.39, 0.29) is 10.9 Å². The Kier molecular flexibility index (Phi) is 8.54. The van der Waals surface area contributed by atoms with E-state index in [0.717, 1.165) is 17.4 Å². The highest BCUT2D eigenvalue weighted by Gasteiger charge is 2.17. The predicted octanol–water partition coefficient (Wildman–Crippen LogP) is 5.07. The van der Waals surface area contributed by atoms with Crippen molar-refractivity contribution in [3.05, 3.63) is 101 Å². The molecule has 1 atom stereocenters. The number of para-hydroxylation sites is 1. The number of carbonyl (C=O) groups excluding carboxylic acids is 1. The smallest absolute Gasteiger partial charge is 0.251 e. The number of pyridine rings is 1. The molecule has 180 valence electrons. The second kappa shape index (κ2) is 12.0. The molecular formula is C26H24ClFN4O2S. The molecule has 35 heavy (non-hydrogen) atoms. The first-order valence-corrected chi connectivity index (χ1v) is 12.6. The van der Waals surface area contributed by atoms with Crippen molar-refractivity contribution in [2.24, 2.45) is 0 Å². The van der Waals surface area contributed by atoms with Gasteiger partial charge in [0, 0.05) is 30.2 Å². The van der Waals surface area contributed by atoms with Gasteiger partial charge in [-0.1, -0.05) is 35.9 Å². The number of halogens is 2. The highest BCUT2D eigenvalue weighted by atomic mass is 35.5. The zero-order chi connectivity index (χ0) is 24.6. The summed E-state index contributed by atoms with van der Waals surface area (Å²) in [5.74, 6) is -0.612. The average Bonchev–Trinajstić information content (AvgIpc) is 2.88. The van der Waals surface area contributed by atoms with E-state index >= 15 is 0 Å². The van der Waals surface area contributed by atoms with Crippen LogP contribution in [-0.2, 0) is 17.9 Å². The van der Waals surface area contributed by atoms with Gasteiger partial charge in [-0.05, 0) is 67.1 Å². The molecule has 1 amide bonds. The van der Waals surface area contributed by atoms with Crippen molar-refractivity contribution in [2.45, 2.75) is 17.9 Å². The molecule has 0 fully saturated rings. The van der Waals surface area contributed by atoms with Gasteiger partial charge in [-0.25, -0.2) is 9.11 Å². The number of amides is 1. The third kappa shape index (κ3) is 6.70. The summed E-state index contributed by atoms with van der Waals surface area (Å²) in [5.41, 5.74) is 2.74. The maximum atomic E-state index is 13.2. The Bertz CT molecular complexity index is 1300. The molecule has 3 N–H and O–H groups in total. The molecule has 0 aliphatic carbocycles. The van der Waals surface area contributed by atoms with Gasteiger partial charge in [0.2, 0.25) is 4.90 Å². The number of aromatic nitrogens is 1. The Labute approximate surface area is 211 Å². The molecular weight excluding hydrogens is 487 g/mol. The summed E-state index contributed by atoms with van der Waals surface area (Å²) < 4.78 is 29.0. The maximum Gasteiger partial charge on any atom is 0.251 e. The van der Waals surface area contributed by atoms with Gasteiger partial charge in [0.15, 0.2) is 0 Å². The van der Waals surface area contributed by atoms with Gasteiger partial charge >= 0.3 is 0 Å². The van der Waals surface area contributed by atoms with Crippen LogP contribution in [0.2, 0.25) is 5.02 Å². The molecule has 3 aromatic carbocycles. The van der Waals surface area contributed by atoms with Crippen LogP contribution in [-0.4, -0.2) is 28.5 Å². The zero-order valence-electron chi connectivity index (χ0n) is 18.8. The van der Waals surface area contributed by atoms with Gasteiger partial charge in [0.25, 0.3) is 5.91 Å². The number of nitrogens with one attached hydrogen (secondary N) is 3. The fraction of sp³-hybridized carbons (Fsp3) is 0.154. The van der Waals surface area contributed by atoms with E-state index in [1.165, 1.54) is 6.07 Å². The Morgan fingerprint density at radius 2 is 1.83 bits per heavy atom. The molecule has 0 bridgehead atoms. The lowest BCUT2D eigenvalue weighted by molar-refractivity contribution is 0.0953. The number of anilines is 1. The first kappa shape index (κ1) is 24.9. The third-order valence-corrected chi connectivity index (χ3v) is 6.72. The summed E-state index contributed by atoms with van der Waals surface area (Å²) in [6.45, 7) is 1.76. The minimum Gasteiger partial charge on any atom is -0.588 e. The highest BCUT2D eigenvalue weighted by molar-refractivity contribution is 7.93.